The van der Waals surface area contributed by atoms with Crippen LogP contribution in [0.1, 0.15) is 6.42 Å². The molecule has 2 rings (SSSR count). The third kappa shape index (κ3) is 2.17. The molecular weight excluding hydrogens is 256 g/mol. The molecule has 1 aliphatic rings. The molecule has 1 fully saturated rings. The summed E-state index contributed by atoms with van der Waals surface area (Å²) in [5, 5.41) is 2.85. The molecule has 1 aliphatic carbocycles. The molecule has 1 N–H and O–H groups in total. The molecule has 1 aromatic heterocycles. The van der Waals surface area contributed by atoms with Crippen molar-refractivity contribution < 1.29 is 8.78 Å². The third-order valence-corrected chi connectivity index (χ3v) is 2.51. The van der Waals surface area contributed by atoms with Gasteiger partial charge in [-0.25, -0.2) is 18.7 Å². The first-order chi connectivity index (χ1) is 6.66. The van der Waals surface area contributed by atoms with E-state index in [9.17, 15) is 8.78 Å². The first-order valence-corrected chi connectivity index (χ1v) is 4.98. The Morgan fingerprint density at radius 3 is 2.57 bits per heavy atom. The minimum Gasteiger partial charge on any atom is -0.351 e. The van der Waals surface area contributed by atoms with Gasteiger partial charge in [0.2, 0.25) is 12.4 Å². The number of anilines is 1. The summed E-state index contributed by atoms with van der Waals surface area (Å²) in [5.74, 6) is -0.136. The van der Waals surface area contributed by atoms with E-state index >= 15 is 0 Å². The Balaban J connectivity index is 1.90. The van der Waals surface area contributed by atoms with Gasteiger partial charge in [-0.2, -0.15) is 0 Å². The van der Waals surface area contributed by atoms with Crippen molar-refractivity contribution in [1.82, 2.24) is 9.97 Å². The van der Waals surface area contributed by atoms with E-state index in [1.54, 1.807) is 12.4 Å². The fraction of sp³-hybridized carbons (Fsp3) is 0.500. The van der Waals surface area contributed by atoms with Gasteiger partial charge in [0.15, 0.2) is 0 Å². The number of hydrogen-bond acceptors (Lipinski definition) is 3. The van der Waals surface area contributed by atoms with E-state index in [0.717, 1.165) is 4.47 Å². The SMILES string of the molecule is FC(F)[C@H]1C[C@@H]1Nc1ncc(Br)cn1. The molecule has 0 saturated heterocycles. The monoisotopic (exact) mass is 263 g/mol. The lowest BCUT2D eigenvalue weighted by Gasteiger charge is -2.02. The summed E-state index contributed by atoms with van der Waals surface area (Å²) in [4.78, 5) is 7.88. The Morgan fingerprint density at radius 1 is 1.43 bits per heavy atom. The van der Waals surface area contributed by atoms with Gasteiger partial charge in [-0.1, -0.05) is 0 Å². The third-order valence-electron chi connectivity index (χ3n) is 2.10. The lowest BCUT2D eigenvalue weighted by molar-refractivity contribution is 0.121. The van der Waals surface area contributed by atoms with Crippen molar-refractivity contribution in [3.8, 4) is 0 Å². The molecule has 0 aromatic carbocycles. The molecule has 14 heavy (non-hydrogen) atoms. The fourth-order valence-electron chi connectivity index (χ4n) is 1.21. The number of nitrogens with zero attached hydrogens (tertiary/aromatic N) is 2. The number of aromatic nitrogens is 2. The second-order valence-corrected chi connectivity index (χ2v) is 4.13. The molecule has 3 nitrogen and oxygen atoms in total. The summed E-state index contributed by atoms with van der Waals surface area (Å²) in [5.41, 5.74) is 0. The molecule has 1 aromatic rings. The van der Waals surface area contributed by atoms with Crippen molar-refractivity contribution in [3.05, 3.63) is 16.9 Å². The highest BCUT2D eigenvalue weighted by molar-refractivity contribution is 9.10. The van der Waals surface area contributed by atoms with E-state index in [1.165, 1.54) is 0 Å². The van der Waals surface area contributed by atoms with Crippen molar-refractivity contribution in [3.63, 3.8) is 0 Å². The molecule has 0 unspecified atom stereocenters. The molecule has 2 atom stereocenters. The van der Waals surface area contributed by atoms with Crippen LogP contribution in [-0.4, -0.2) is 22.4 Å². The van der Waals surface area contributed by atoms with Gasteiger partial charge in [0, 0.05) is 24.4 Å². The van der Waals surface area contributed by atoms with E-state index in [0.29, 0.717) is 12.4 Å². The predicted molar refractivity (Wildman–Crippen MR) is 51.3 cm³/mol. The van der Waals surface area contributed by atoms with Gasteiger partial charge in [-0.15, -0.1) is 0 Å². The first kappa shape index (κ1) is 9.76. The van der Waals surface area contributed by atoms with E-state index in [-0.39, 0.29) is 6.04 Å². The van der Waals surface area contributed by atoms with Crippen LogP contribution in [-0.2, 0) is 0 Å². The Labute approximate surface area is 88.1 Å². The van der Waals surface area contributed by atoms with Crippen LogP contribution in [0.5, 0.6) is 0 Å². The van der Waals surface area contributed by atoms with Gasteiger partial charge < -0.3 is 5.32 Å². The number of rotatable bonds is 3. The Hall–Kier alpha value is -0.780. The normalized spacial score (nSPS) is 25.1. The molecule has 1 saturated carbocycles. The fourth-order valence-corrected chi connectivity index (χ4v) is 1.42. The molecule has 0 amide bonds. The van der Waals surface area contributed by atoms with Crippen LogP contribution in [0.4, 0.5) is 14.7 Å². The van der Waals surface area contributed by atoms with Crippen molar-refractivity contribution >= 4 is 21.9 Å². The van der Waals surface area contributed by atoms with E-state index in [2.05, 4.69) is 31.2 Å². The second kappa shape index (κ2) is 3.76. The van der Waals surface area contributed by atoms with E-state index < -0.39 is 12.3 Å². The summed E-state index contributed by atoms with van der Waals surface area (Å²) in [6, 6.07) is -0.170. The minimum atomic E-state index is -2.25. The lowest BCUT2D eigenvalue weighted by Crippen LogP contribution is -2.10. The van der Waals surface area contributed by atoms with Gasteiger partial charge in [0.1, 0.15) is 0 Å². The second-order valence-electron chi connectivity index (χ2n) is 3.21. The van der Waals surface area contributed by atoms with E-state index in [1.807, 2.05) is 0 Å². The van der Waals surface area contributed by atoms with Crippen LogP contribution in [0.3, 0.4) is 0 Å². The van der Waals surface area contributed by atoms with Gasteiger partial charge >= 0.3 is 0 Å². The first-order valence-electron chi connectivity index (χ1n) is 4.19. The molecule has 0 bridgehead atoms. The Kier molecular flexibility index (Phi) is 2.62. The smallest absolute Gasteiger partial charge is 0.243 e. The van der Waals surface area contributed by atoms with Crippen LogP contribution in [0.15, 0.2) is 16.9 Å². The van der Waals surface area contributed by atoms with Crippen LogP contribution >= 0.6 is 15.9 Å². The molecule has 1 heterocycles. The highest BCUT2D eigenvalue weighted by atomic mass is 79.9. The molecule has 0 radical (unpaired) electrons. The predicted octanol–water partition coefficient (Wildman–Crippen LogP) is 2.30. The Morgan fingerprint density at radius 2 is 2.07 bits per heavy atom. The van der Waals surface area contributed by atoms with Crippen molar-refractivity contribution in [2.45, 2.75) is 18.9 Å². The van der Waals surface area contributed by atoms with Crippen molar-refractivity contribution in [2.24, 2.45) is 5.92 Å². The van der Waals surface area contributed by atoms with Crippen molar-refractivity contribution in [2.75, 3.05) is 5.32 Å². The molecule has 0 aliphatic heterocycles. The summed E-state index contributed by atoms with van der Waals surface area (Å²) >= 11 is 3.19. The maximum absolute atomic E-state index is 12.1. The molecular formula is C8H8BrF2N3. The maximum atomic E-state index is 12.1. The quantitative estimate of drug-likeness (QED) is 0.910. The van der Waals surface area contributed by atoms with Gasteiger partial charge in [0.25, 0.3) is 0 Å². The average Bonchev–Trinajstić information content (AvgIpc) is 2.88. The summed E-state index contributed by atoms with van der Waals surface area (Å²) in [6.45, 7) is 0. The average molecular weight is 264 g/mol. The van der Waals surface area contributed by atoms with Gasteiger partial charge in [-0.05, 0) is 22.4 Å². The highest BCUT2D eigenvalue weighted by Crippen LogP contribution is 2.37. The largest absolute Gasteiger partial charge is 0.351 e. The summed E-state index contributed by atoms with van der Waals surface area (Å²) in [7, 11) is 0. The topological polar surface area (TPSA) is 37.8 Å². The number of nitrogens with one attached hydrogen (secondary N) is 1. The number of hydrogen-bond donors (Lipinski definition) is 1. The zero-order valence-corrected chi connectivity index (χ0v) is 8.71. The van der Waals surface area contributed by atoms with Crippen LogP contribution in [0, 0.1) is 5.92 Å². The van der Waals surface area contributed by atoms with Gasteiger partial charge in [0.05, 0.1) is 4.47 Å². The molecule has 6 heteroatoms. The summed E-state index contributed by atoms with van der Waals surface area (Å²) in [6.07, 6.45) is 1.41. The van der Waals surface area contributed by atoms with E-state index in [4.69, 9.17) is 0 Å². The molecule has 76 valence electrons. The number of halogens is 3. The Bertz CT molecular complexity index is 317. The van der Waals surface area contributed by atoms with Crippen molar-refractivity contribution in [1.29, 1.82) is 0 Å². The number of alkyl halides is 2. The zero-order valence-electron chi connectivity index (χ0n) is 7.12. The lowest BCUT2D eigenvalue weighted by atomic mass is 10.4. The van der Waals surface area contributed by atoms with Crippen LogP contribution in [0.25, 0.3) is 0 Å². The van der Waals surface area contributed by atoms with Gasteiger partial charge in [-0.3, -0.25) is 0 Å². The van der Waals surface area contributed by atoms with Crippen LogP contribution < -0.4 is 5.32 Å². The standard InChI is InChI=1S/C8H8BrF2N3/c9-4-2-12-8(13-3-4)14-6-1-5(6)7(10)11/h2-3,5-7H,1H2,(H,12,13,14)/t5-,6-/m0/s1. The highest BCUT2D eigenvalue weighted by Gasteiger charge is 2.44. The summed E-state index contributed by atoms with van der Waals surface area (Å²) < 4.78 is 25.1. The molecule has 0 spiro atoms. The minimum absolute atomic E-state index is 0.170. The van der Waals surface area contributed by atoms with Crippen LogP contribution in [0.2, 0.25) is 0 Å². The maximum Gasteiger partial charge on any atom is 0.243 e. The zero-order chi connectivity index (χ0) is 10.1.